The van der Waals surface area contributed by atoms with E-state index in [1.54, 1.807) is 24.4 Å². The van der Waals surface area contributed by atoms with Crippen LogP contribution in [0.5, 0.6) is 0 Å². The van der Waals surface area contributed by atoms with Gasteiger partial charge in [0.15, 0.2) is 0 Å². The van der Waals surface area contributed by atoms with Crippen molar-refractivity contribution in [2.75, 3.05) is 16.9 Å². The van der Waals surface area contributed by atoms with Crippen LogP contribution in [0.15, 0.2) is 47.6 Å². The van der Waals surface area contributed by atoms with E-state index in [4.69, 9.17) is 0 Å². The zero-order chi connectivity index (χ0) is 21.0. The molecule has 0 amide bonds. The lowest BCUT2D eigenvalue weighted by Gasteiger charge is -2.39. The van der Waals surface area contributed by atoms with Crippen LogP contribution in [-0.4, -0.2) is 28.6 Å². The van der Waals surface area contributed by atoms with Gasteiger partial charge in [-0.05, 0) is 43.9 Å². The number of benzene rings is 2. The molecule has 9 nitrogen and oxygen atoms in total. The SMILES string of the molecule is CC1CCN(c2ccc([N+](=O)[O-])cc2C=NNc2ccc([N+](=O)[O-])cc2)C(C)C1. The lowest BCUT2D eigenvalue weighted by Crippen LogP contribution is -2.40. The van der Waals surface area contributed by atoms with Crippen molar-refractivity contribution in [1.29, 1.82) is 0 Å². The van der Waals surface area contributed by atoms with Crippen LogP contribution in [0.3, 0.4) is 0 Å². The predicted molar refractivity (Wildman–Crippen MR) is 113 cm³/mol. The van der Waals surface area contributed by atoms with Gasteiger partial charge in [0.05, 0.1) is 21.7 Å². The van der Waals surface area contributed by atoms with Crippen LogP contribution in [0.1, 0.15) is 32.3 Å². The molecule has 1 heterocycles. The number of non-ortho nitro benzene ring substituents is 2. The molecule has 1 aliphatic rings. The highest BCUT2D eigenvalue weighted by molar-refractivity contribution is 5.89. The van der Waals surface area contributed by atoms with E-state index in [9.17, 15) is 20.2 Å². The molecule has 0 aromatic heterocycles. The zero-order valence-corrected chi connectivity index (χ0v) is 16.3. The summed E-state index contributed by atoms with van der Waals surface area (Å²) in [7, 11) is 0. The lowest BCUT2D eigenvalue weighted by molar-refractivity contribution is -0.385. The highest BCUT2D eigenvalue weighted by Crippen LogP contribution is 2.31. The number of hydrogen-bond donors (Lipinski definition) is 1. The fraction of sp³-hybridized carbons (Fsp3) is 0.350. The van der Waals surface area contributed by atoms with Crippen LogP contribution in [0.2, 0.25) is 0 Å². The van der Waals surface area contributed by atoms with Crippen molar-refractivity contribution in [3.63, 3.8) is 0 Å². The number of hydrazone groups is 1. The monoisotopic (exact) mass is 397 g/mol. The summed E-state index contributed by atoms with van der Waals surface area (Å²) in [5, 5.41) is 26.1. The molecule has 2 atom stereocenters. The summed E-state index contributed by atoms with van der Waals surface area (Å²) in [6.07, 6.45) is 3.68. The smallest absolute Gasteiger partial charge is 0.270 e. The Balaban J connectivity index is 1.83. The van der Waals surface area contributed by atoms with Crippen molar-refractivity contribution in [2.24, 2.45) is 11.0 Å². The molecule has 2 unspecified atom stereocenters. The maximum atomic E-state index is 11.2. The largest absolute Gasteiger partial charge is 0.368 e. The Kier molecular flexibility index (Phi) is 6.06. The van der Waals surface area contributed by atoms with Crippen molar-refractivity contribution in [2.45, 2.75) is 32.7 Å². The van der Waals surface area contributed by atoms with E-state index < -0.39 is 9.85 Å². The number of nitrogens with zero attached hydrogens (tertiary/aromatic N) is 4. The second-order valence-corrected chi connectivity index (χ2v) is 7.35. The number of anilines is 2. The summed E-state index contributed by atoms with van der Waals surface area (Å²) >= 11 is 0. The van der Waals surface area contributed by atoms with E-state index in [0.29, 0.717) is 23.2 Å². The molecule has 1 aliphatic heterocycles. The normalized spacial score (nSPS) is 19.3. The second-order valence-electron chi connectivity index (χ2n) is 7.35. The van der Waals surface area contributed by atoms with Gasteiger partial charge in [-0.25, -0.2) is 0 Å². The molecule has 152 valence electrons. The molecule has 9 heteroatoms. The van der Waals surface area contributed by atoms with Gasteiger partial charge in [-0.3, -0.25) is 25.7 Å². The van der Waals surface area contributed by atoms with Crippen LogP contribution < -0.4 is 10.3 Å². The first-order valence-corrected chi connectivity index (χ1v) is 9.43. The molecule has 29 heavy (non-hydrogen) atoms. The number of nitrogens with one attached hydrogen (secondary N) is 1. The summed E-state index contributed by atoms with van der Waals surface area (Å²) in [4.78, 5) is 23.3. The first kappa shape index (κ1) is 20.2. The van der Waals surface area contributed by atoms with E-state index >= 15 is 0 Å². The Morgan fingerprint density at radius 1 is 1.07 bits per heavy atom. The molecule has 3 rings (SSSR count). The van der Waals surface area contributed by atoms with Crippen molar-refractivity contribution in [3.05, 3.63) is 68.3 Å². The summed E-state index contributed by atoms with van der Waals surface area (Å²) in [5.74, 6) is 0.653. The van der Waals surface area contributed by atoms with E-state index in [1.165, 1.54) is 24.3 Å². The Morgan fingerprint density at radius 3 is 2.34 bits per heavy atom. The summed E-state index contributed by atoms with van der Waals surface area (Å²) in [5.41, 5.74) is 4.95. The Morgan fingerprint density at radius 2 is 1.72 bits per heavy atom. The number of piperidine rings is 1. The van der Waals surface area contributed by atoms with Gasteiger partial charge in [0.2, 0.25) is 0 Å². The minimum atomic E-state index is -0.469. The number of rotatable bonds is 6. The van der Waals surface area contributed by atoms with Crippen LogP contribution in [0.25, 0.3) is 0 Å². The molecule has 1 N–H and O–H groups in total. The molecule has 2 aromatic rings. The van der Waals surface area contributed by atoms with Gasteiger partial charge < -0.3 is 4.90 Å². The van der Waals surface area contributed by atoms with Gasteiger partial charge in [-0.15, -0.1) is 0 Å². The van der Waals surface area contributed by atoms with Crippen molar-refractivity contribution < 1.29 is 9.85 Å². The Hall–Kier alpha value is -3.49. The van der Waals surface area contributed by atoms with Crippen molar-refractivity contribution in [3.8, 4) is 0 Å². The molecule has 0 spiro atoms. The summed E-state index contributed by atoms with van der Waals surface area (Å²) in [6, 6.07) is 11.0. The van der Waals surface area contributed by atoms with Crippen LogP contribution >= 0.6 is 0 Å². The standard InChI is InChI=1S/C20H23N5O4/c1-14-9-10-23(15(2)11-14)20-8-7-19(25(28)29)12-16(20)13-21-22-17-3-5-18(6-4-17)24(26)27/h3-8,12-15,22H,9-11H2,1-2H3. The summed E-state index contributed by atoms with van der Waals surface area (Å²) < 4.78 is 0. The van der Waals surface area contributed by atoms with Crippen LogP contribution in [0.4, 0.5) is 22.7 Å². The maximum Gasteiger partial charge on any atom is 0.270 e. The second kappa shape index (κ2) is 8.68. The van der Waals surface area contributed by atoms with Gasteiger partial charge in [-0.1, -0.05) is 6.92 Å². The first-order valence-electron chi connectivity index (χ1n) is 9.43. The highest BCUT2D eigenvalue weighted by Gasteiger charge is 2.25. The molecule has 1 saturated heterocycles. The van der Waals surface area contributed by atoms with Crippen LogP contribution in [0, 0.1) is 26.1 Å². The molecule has 2 aromatic carbocycles. The Bertz CT molecular complexity index is 929. The van der Waals surface area contributed by atoms with Gasteiger partial charge in [0.25, 0.3) is 11.4 Å². The minimum absolute atomic E-state index is 0.00330. The number of nitro groups is 2. The fourth-order valence-corrected chi connectivity index (χ4v) is 3.62. The van der Waals surface area contributed by atoms with Gasteiger partial charge in [-0.2, -0.15) is 5.10 Å². The topological polar surface area (TPSA) is 114 Å². The number of hydrogen-bond acceptors (Lipinski definition) is 7. The maximum absolute atomic E-state index is 11.2. The molecule has 1 fully saturated rings. The third-order valence-corrected chi connectivity index (χ3v) is 5.15. The van der Waals surface area contributed by atoms with E-state index in [1.807, 2.05) is 0 Å². The average Bonchev–Trinajstić information content (AvgIpc) is 2.68. The third-order valence-electron chi connectivity index (χ3n) is 5.15. The van der Waals surface area contributed by atoms with Gasteiger partial charge in [0, 0.05) is 48.1 Å². The quantitative estimate of drug-likeness (QED) is 0.434. The van der Waals surface area contributed by atoms with E-state index in [-0.39, 0.29) is 11.4 Å². The van der Waals surface area contributed by atoms with Gasteiger partial charge in [0.1, 0.15) is 0 Å². The molecular weight excluding hydrogens is 374 g/mol. The lowest BCUT2D eigenvalue weighted by atomic mass is 9.92. The fourth-order valence-electron chi connectivity index (χ4n) is 3.62. The van der Waals surface area contributed by atoms with E-state index in [0.717, 1.165) is 25.1 Å². The van der Waals surface area contributed by atoms with Crippen molar-refractivity contribution in [1.82, 2.24) is 0 Å². The molecule has 0 radical (unpaired) electrons. The average molecular weight is 397 g/mol. The van der Waals surface area contributed by atoms with E-state index in [2.05, 4.69) is 29.3 Å². The highest BCUT2D eigenvalue weighted by atomic mass is 16.6. The van der Waals surface area contributed by atoms with Crippen molar-refractivity contribution >= 4 is 29.0 Å². The third kappa shape index (κ3) is 4.87. The Labute approximate surface area is 168 Å². The minimum Gasteiger partial charge on any atom is -0.368 e. The van der Waals surface area contributed by atoms with Gasteiger partial charge >= 0.3 is 0 Å². The predicted octanol–water partition coefficient (Wildman–Crippen LogP) is 4.57. The molecule has 0 aliphatic carbocycles. The number of nitro benzene ring substituents is 2. The molecule has 0 bridgehead atoms. The molecular formula is C20H23N5O4. The zero-order valence-electron chi connectivity index (χ0n) is 16.3. The summed E-state index contributed by atoms with van der Waals surface area (Å²) in [6.45, 7) is 5.28. The molecule has 0 saturated carbocycles. The first-order chi connectivity index (χ1) is 13.8. The van der Waals surface area contributed by atoms with Crippen LogP contribution in [-0.2, 0) is 0 Å².